The fraction of sp³-hybridized carbons (Fsp3) is 0.158. The van der Waals surface area contributed by atoms with E-state index in [2.05, 4.69) is 25.4 Å². The molecule has 2 aromatic carbocycles. The molecule has 0 aliphatic heterocycles. The van der Waals surface area contributed by atoms with E-state index in [4.69, 9.17) is 0 Å². The standard InChI is InChI=1S/C19H16FN5O2/c1-2-13(19(26)27)18-21-17(24-25-18)11-5-8-15-14(9-11)16(23-22-15)10-3-6-12(20)7-4-10/h3-9,13H,2H2,1H3,(H,22,23)(H,26,27)(H,21,24,25). The van der Waals surface area contributed by atoms with Crippen LogP contribution in [-0.2, 0) is 4.79 Å². The molecule has 0 spiro atoms. The molecule has 0 fully saturated rings. The van der Waals surface area contributed by atoms with Crippen LogP contribution in [0.1, 0.15) is 25.1 Å². The molecule has 0 saturated carbocycles. The maximum atomic E-state index is 13.2. The van der Waals surface area contributed by atoms with Gasteiger partial charge < -0.3 is 10.1 Å². The minimum Gasteiger partial charge on any atom is -0.481 e. The van der Waals surface area contributed by atoms with Crippen molar-refractivity contribution in [1.29, 1.82) is 0 Å². The van der Waals surface area contributed by atoms with E-state index in [1.165, 1.54) is 12.1 Å². The number of carboxylic acids is 1. The number of hydrogen-bond acceptors (Lipinski definition) is 4. The van der Waals surface area contributed by atoms with Crippen LogP contribution >= 0.6 is 0 Å². The van der Waals surface area contributed by atoms with Crippen molar-refractivity contribution in [3.8, 4) is 22.6 Å². The van der Waals surface area contributed by atoms with E-state index < -0.39 is 11.9 Å². The van der Waals surface area contributed by atoms with Crippen molar-refractivity contribution in [1.82, 2.24) is 25.4 Å². The largest absolute Gasteiger partial charge is 0.481 e. The quantitative estimate of drug-likeness (QED) is 0.499. The number of carboxylic acid groups (broad SMARTS) is 1. The second kappa shape index (κ2) is 6.64. The smallest absolute Gasteiger partial charge is 0.314 e. The molecule has 0 amide bonds. The normalized spacial score (nSPS) is 12.4. The SMILES string of the molecule is CCC(C(=O)O)c1nnc(-c2ccc3[nH]nc(-c4ccc(F)cc4)c3c2)[nH]1. The van der Waals surface area contributed by atoms with Gasteiger partial charge in [-0.15, -0.1) is 10.2 Å². The number of aromatic amines is 2. The van der Waals surface area contributed by atoms with Crippen molar-refractivity contribution in [3.05, 3.63) is 54.1 Å². The third-order valence-corrected chi connectivity index (χ3v) is 4.49. The second-order valence-electron chi connectivity index (χ2n) is 6.20. The summed E-state index contributed by atoms with van der Waals surface area (Å²) < 4.78 is 13.2. The number of benzene rings is 2. The van der Waals surface area contributed by atoms with Gasteiger partial charge in [-0.2, -0.15) is 5.10 Å². The fourth-order valence-electron chi connectivity index (χ4n) is 3.04. The van der Waals surface area contributed by atoms with Gasteiger partial charge in [0.25, 0.3) is 0 Å². The number of carbonyl (C=O) groups is 1. The monoisotopic (exact) mass is 365 g/mol. The molecule has 0 bridgehead atoms. The van der Waals surface area contributed by atoms with Crippen LogP contribution in [0.3, 0.4) is 0 Å². The van der Waals surface area contributed by atoms with Crippen LogP contribution in [0, 0.1) is 5.82 Å². The number of aromatic nitrogens is 5. The summed E-state index contributed by atoms with van der Waals surface area (Å²) in [6.45, 7) is 1.79. The van der Waals surface area contributed by atoms with E-state index in [1.54, 1.807) is 19.1 Å². The summed E-state index contributed by atoms with van der Waals surface area (Å²) in [4.78, 5) is 14.3. The summed E-state index contributed by atoms with van der Waals surface area (Å²) in [5.41, 5.74) is 3.07. The molecule has 0 radical (unpaired) electrons. The number of aliphatic carboxylic acids is 1. The van der Waals surface area contributed by atoms with Gasteiger partial charge in [0, 0.05) is 16.5 Å². The molecule has 2 aromatic heterocycles. The highest BCUT2D eigenvalue weighted by atomic mass is 19.1. The number of rotatable bonds is 5. The highest BCUT2D eigenvalue weighted by Crippen LogP contribution is 2.30. The van der Waals surface area contributed by atoms with Gasteiger partial charge in [-0.25, -0.2) is 4.39 Å². The van der Waals surface area contributed by atoms with E-state index >= 15 is 0 Å². The molecule has 7 nitrogen and oxygen atoms in total. The van der Waals surface area contributed by atoms with Crippen molar-refractivity contribution in [2.24, 2.45) is 0 Å². The number of H-pyrrole nitrogens is 2. The molecule has 4 rings (SSSR count). The summed E-state index contributed by atoms with van der Waals surface area (Å²) in [7, 11) is 0. The van der Waals surface area contributed by atoms with Crippen molar-refractivity contribution < 1.29 is 14.3 Å². The Kier molecular flexibility index (Phi) is 4.15. The van der Waals surface area contributed by atoms with Crippen LogP contribution in [0.4, 0.5) is 4.39 Å². The number of hydrogen-bond donors (Lipinski definition) is 3. The molecule has 1 unspecified atom stereocenters. The number of halogens is 1. The zero-order valence-corrected chi connectivity index (χ0v) is 14.4. The average molecular weight is 365 g/mol. The summed E-state index contributed by atoms with van der Waals surface area (Å²) >= 11 is 0. The van der Waals surface area contributed by atoms with Crippen molar-refractivity contribution >= 4 is 16.9 Å². The van der Waals surface area contributed by atoms with E-state index in [1.807, 2.05) is 18.2 Å². The zero-order valence-electron chi connectivity index (χ0n) is 14.4. The molecule has 136 valence electrons. The maximum absolute atomic E-state index is 13.2. The maximum Gasteiger partial charge on any atom is 0.314 e. The molecule has 2 heterocycles. The molecule has 1 atom stereocenters. The van der Waals surface area contributed by atoms with Gasteiger partial charge in [-0.1, -0.05) is 6.92 Å². The highest BCUT2D eigenvalue weighted by Gasteiger charge is 2.22. The van der Waals surface area contributed by atoms with Crippen LogP contribution in [-0.4, -0.2) is 36.5 Å². The Morgan fingerprint density at radius 2 is 1.89 bits per heavy atom. The molecular formula is C19H16FN5O2. The molecular weight excluding hydrogens is 349 g/mol. The number of nitrogens with one attached hydrogen (secondary N) is 2. The first-order chi connectivity index (χ1) is 13.1. The van der Waals surface area contributed by atoms with Crippen LogP contribution in [0.15, 0.2) is 42.5 Å². The Labute approximate surface area is 153 Å². The minimum atomic E-state index is -0.941. The average Bonchev–Trinajstić information content (AvgIpc) is 3.29. The molecule has 27 heavy (non-hydrogen) atoms. The molecule has 0 aliphatic rings. The van der Waals surface area contributed by atoms with Crippen LogP contribution in [0.2, 0.25) is 0 Å². The summed E-state index contributed by atoms with van der Waals surface area (Å²) in [5, 5.41) is 25.5. The number of nitrogens with zero attached hydrogens (tertiary/aromatic N) is 3. The Morgan fingerprint density at radius 3 is 2.59 bits per heavy atom. The van der Waals surface area contributed by atoms with E-state index in [-0.39, 0.29) is 5.82 Å². The third kappa shape index (κ3) is 3.05. The van der Waals surface area contributed by atoms with E-state index in [9.17, 15) is 14.3 Å². The summed E-state index contributed by atoms with van der Waals surface area (Å²) in [6, 6.07) is 11.7. The topological polar surface area (TPSA) is 108 Å². The molecule has 3 N–H and O–H groups in total. The summed E-state index contributed by atoms with van der Waals surface area (Å²) in [5.74, 6) is -1.16. The zero-order chi connectivity index (χ0) is 19.0. The Balaban J connectivity index is 1.76. The van der Waals surface area contributed by atoms with Gasteiger partial charge in [0.15, 0.2) is 5.82 Å². The third-order valence-electron chi connectivity index (χ3n) is 4.49. The van der Waals surface area contributed by atoms with Gasteiger partial charge >= 0.3 is 5.97 Å². The molecule has 8 heteroatoms. The van der Waals surface area contributed by atoms with E-state index in [0.717, 1.165) is 22.0 Å². The van der Waals surface area contributed by atoms with Gasteiger partial charge in [0.2, 0.25) is 0 Å². The van der Waals surface area contributed by atoms with Crippen molar-refractivity contribution in [3.63, 3.8) is 0 Å². The molecule has 0 saturated heterocycles. The lowest BCUT2D eigenvalue weighted by Crippen LogP contribution is -2.12. The first-order valence-electron chi connectivity index (χ1n) is 8.46. The highest BCUT2D eigenvalue weighted by molar-refractivity contribution is 5.95. The minimum absolute atomic E-state index is 0.308. The second-order valence-corrected chi connectivity index (χ2v) is 6.20. The molecule has 4 aromatic rings. The lowest BCUT2D eigenvalue weighted by atomic mass is 10.0. The Morgan fingerprint density at radius 1 is 1.15 bits per heavy atom. The Hall–Kier alpha value is -3.55. The predicted molar refractivity (Wildman–Crippen MR) is 97.5 cm³/mol. The Bertz CT molecular complexity index is 1120. The first-order valence-corrected chi connectivity index (χ1v) is 8.46. The van der Waals surface area contributed by atoms with Crippen LogP contribution in [0.5, 0.6) is 0 Å². The van der Waals surface area contributed by atoms with Gasteiger partial charge in [-0.3, -0.25) is 9.89 Å². The first kappa shape index (κ1) is 16.9. The summed E-state index contributed by atoms with van der Waals surface area (Å²) in [6.07, 6.45) is 0.416. The van der Waals surface area contributed by atoms with Crippen LogP contribution < -0.4 is 0 Å². The predicted octanol–water partition coefficient (Wildman–Crippen LogP) is 3.73. The number of fused-ring (bicyclic) bond motifs is 1. The lowest BCUT2D eigenvalue weighted by molar-refractivity contribution is -0.139. The van der Waals surface area contributed by atoms with Crippen LogP contribution in [0.25, 0.3) is 33.5 Å². The molecule has 0 aliphatic carbocycles. The van der Waals surface area contributed by atoms with Gasteiger partial charge in [-0.05, 0) is 48.9 Å². The fourth-order valence-corrected chi connectivity index (χ4v) is 3.04. The van der Waals surface area contributed by atoms with Gasteiger partial charge in [0.1, 0.15) is 17.6 Å². The van der Waals surface area contributed by atoms with Crippen molar-refractivity contribution in [2.75, 3.05) is 0 Å². The van der Waals surface area contributed by atoms with Gasteiger partial charge in [0.05, 0.1) is 11.2 Å². The van der Waals surface area contributed by atoms with Crippen molar-refractivity contribution in [2.45, 2.75) is 19.3 Å². The van der Waals surface area contributed by atoms with E-state index in [0.29, 0.717) is 23.8 Å². The lowest BCUT2D eigenvalue weighted by Gasteiger charge is -2.04.